The molecule has 3 heterocycles. The largest absolute Gasteiger partial charge is 0.339 e. The minimum Gasteiger partial charge on any atom is -0.339 e. The highest BCUT2D eigenvalue weighted by Gasteiger charge is 2.50. The second-order valence-corrected chi connectivity index (χ2v) is 10.3. The minimum absolute atomic E-state index is 0. The first-order valence-electron chi connectivity index (χ1n) is 8.87. The molecule has 6 nitrogen and oxygen atoms in total. The number of rotatable bonds is 5. The Hall–Kier alpha value is -0.380. The number of thiophene rings is 1. The van der Waals surface area contributed by atoms with E-state index >= 15 is 0 Å². The van der Waals surface area contributed by atoms with E-state index in [2.05, 4.69) is 27.7 Å². The molecule has 27 heavy (non-hydrogen) atoms. The summed E-state index contributed by atoms with van der Waals surface area (Å²) in [4.78, 5) is 18.6. The molecule has 156 valence electrons. The third-order valence-electron chi connectivity index (χ3n) is 5.42. The summed E-state index contributed by atoms with van der Waals surface area (Å²) in [6, 6.07) is 4.22. The molecule has 1 aromatic heterocycles. The fourth-order valence-corrected chi connectivity index (χ4v) is 5.85. The number of nitrogens with one attached hydrogen (secondary N) is 1. The zero-order chi connectivity index (χ0) is 17.9. The monoisotopic (exact) mass is 457 g/mol. The number of amides is 1. The van der Waals surface area contributed by atoms with Crippen LogP contribution in [0.15, 0.2) is 17.5 Å². The lowest BCUT2D eigenvalue weighted by Gasteiger charge is -2.42. The Labute approximate surface area is 178 Å². The fraction of sp³-hybridized carbons (Fsp3) is 0.706. The van der Waals surface area contributed by atoms with E-state index in [-0.39, 0.29) is 30.7 Å². The maximum Gasteiger partial charge on any atom is 0.244 e. The number of hydrogen-bond acceptors (Lipinski definition) is 6. The van der Waals surface area contributed by atoms with Crippen LogP contribution in [-0.2, 0) is 21.1 Å². The van der Waals surface area contributed by atoms with Crippen LogP contribution in [0.3, 0.4) is 0 Å². The van der Waals surface area contributed by atoms with Crippen LogP contribution < -0.4 is 5.32 Å². The molecule has 10 heteroatoms. The molecule has 2 saturated heterocycles. The maximum absolute atomic E-state index is 13.1. The first kappa shape index (κ1) is 24.7. The van der Waals surface area contributed by atoms with Crippen molar-refractivity contribution in [1.82, 2.24) is 15.1 Å². The molecule has 1 N–H and O–H groups in total. The summed E-state index contributed by atoms with van der Waals surface area (Å²) in [5, 5.41) is 5.26. The average Bonchev–Trinajstić information content (AvgIpc) is 3.13. The molecule has 0 saturated carbocycles. The molecule has 3 rings (SSSR count). The lowest BCUT2D eigenvalue weighted by Crippen LogP contribution is -2.61. The number of sulfone groups is 1. The number of halogens is 2. The number of piperazine rings is 1. The molecule has 0 atom stereocenters. The van der Waals surface area contributed by atoms with Crippen molar-refractivity contribution in [3.63, 3.8) is 0 Å². The molecule has 2 fully saturated rings. The van der Waals surface area contributed by atoms with Crippen LogP contribution in [0, 0.1) is 0 Å². The van der Waals surface area contributed by atoms with Crippen molar-refractivity contribution in [2.45, 2.75) is 24.0 Å². The summed E-state index contributed by atoms with van der Waals surface area (Å²) >= 11 is 1.77. The summed E-state index contributed by atoms with van der Waals surface area (Å²) < 4.78 is 23.6. The predicted molar refractivity (Wildman–Crippen MR) is 115 cm³/mol. The molecular formula is C17H29Cl2N3O3S2. The third-order valence-corrected chi connectivity index (χ3v) is 8.36. The van der Waals surface area contributed by atoms with Gasteiger partial charge >= 0.3 is 0 Å². The van der Waals surface area contributed by atoms with Crippen molar-refractivity contribution in [3.05, 3.63) is 22.4 Å². The minimum atomic E-state index is -3.43. The van der Waals surface area contributed by atoms with Crippen LogP contribution in [0.25, 0.3) is 0 Å². The van der Waals surface area contributed by atoms with Crippen LogP contribution >= 0.6 is 36.2 Å². The molecule has 1 aromatic rings. The quantitative estimate of drug-likeness (QED) is 0.724. The van der Waals surface area contributed by atoms with E-state index in [1.807, 2.05) is 0 Å². The van der Waals surface area contributed by atoms with E-state index in [9.17, 15) is 13.2 Å². The van der Waals surface area contributed by atoms with Gasteiger partial charge in [-0.15, -0.1) is 36.2 Å². The smallest absolute Gasteiger partial charge is 0.244 e. The van der Waals surface area contributed by atoms with Crippen LogP contribution in [0.4, 0.5) is 0 Å². The number of nitrogens with zero attached hydrogens (tertiary/aromatic N) is 2. The van der Waals surface area contributed by atoms with Gasteiger partial charge in [-0.3, -0.25) is 9.69 Å². The van der Waals surface area contributed by atoms with Crippen molar-refractivity contribution >= 4 is 51.9 Å². The number of hydrogen-bond donors (Lipinski definition) is 1. The number of piperidine rings is 1. The topological polar surface area (TPSA) is 69.7 Å². The summed E-state index contributed by atoms with van der Waals surface area (Å²) in [6.45, 7) is 5.02. The molecule has 2 aliphatic heterocycles. The molecule has 0 unspecified atom stereocenters. The predicted octanol–water partition coefficient (Wildman–Crippen LogP) is 1.45. The molecule has 0 spiro atoms. The average molecular weight is 458 g/mol. The van der Waals surface area contributed by atoms with Crippen molar-refractivity contribution in [2.24, 2.45) is 0 Å². The van der Waals surface area contributed by atoms with Crippen LogP contribution in [0.2, 0.25) is 0 Å². The Morgan fingerprint density at radius 3 is 2.33 bits per heavy atom. The SMILES string of the molecule is CS(=O)(=O)C1(C(=O)N2CCN(CCc3cccs3)CC2)CCNCC1.Cl.Cl. The first-order valence-corrected chi connectivity index (χ1v) is 11.6. The summed E-state index contributed by atoms with van der Waals surface area (Å²) in [5.74, 6) is -0.186. The van der Waals surface area contributed by atoms with Gasteiger partial charge in [0.15, 0.2) is 14.6 Å². The van der Waals surface area contributed by atoms with Gasteiger partial charge in [0, 0.05) is 43.9 Å². The van der Waals surface area contributed by atoms with Crippen molar-refractivity contribution in [3.8, 4) is 0 Å². The van der Waals surface area contributed by atoms with Crippen LogP contribution in [-0.4, -0.2) is 80.9 Å². The molecule has 0 radical (unpaired) electrons. The van der Waals surface area contributed by atoms with Gasteiger partial charge in [-0.25, -0.2) is 8.42 Å². The Balaban J connectivity index is 0.00000182. The Bertz CT molecular complexity index is 684. The Morgan fingerprint density at radius 1 is 1.19 bits per heavy atom. The van der Waals surface area contributed by atoms with Gasteiger partial charge in [-0.1, -0.05) is 6.07 Å². The lowest BCUT2D eigenvalue weighted by molar-refractivity contribution is -0.136. The van der Waals surface area contributed by atoms with E-state index < -0.39 is 14.6 Å². The van der Waals surface area contributed by atoms with E-state index in [0.29, 0.717) is 39.0 Å². The number of carbonyl (C=O) groups is 1. The Morgan fingerprint density at radius 2 is 1.81 bits per heavy atom. The fourth-order valence-electron chi connectivity index (χ4n) is 3.76. The molecular weight excluding hydrogens is 429 g/mol. The second-order valence-electron chi connectivity index (χ2n) is 6.98. The standard InChI is InChI=1S/C17H27N3O3S2.2ClH/c1-25(22,23)17(5-7-18-8-6-17)16(21)20-12-10-19(11-13-20)9-4-15-3-2-14-24-15;;/h2-3,14,18H,4-13H2,1H3;2*1H. The second kappa shape index (κ2) is 10.4. The molecule has 0 aromatic carbocycles. The van der Waals surface area contributed by atoms with Crippen molar-refractivity contribution in [1.29, 1.82) is 0 Å². The van der Waals surface area contributed by atoms with Gasteiger partial charge in [0.05, 0.1) is 0 Å². The summed E-state index contributed by atoms with van der Waals surface area (Å²) in [7, 11) is -3.43. The van der Waals surface area contributed by atoms with Gasteiger partial charge in [-0.2, -0.15) is 0 Å². The number of carbonyl (C=O) groups excluding carboxylic acids is 1. The maximum atomic E-state index is 13.1. The highest BCUT2D eigenvalue weighted by atomic mass is 35.5. The third kappa shape index (κ3) is 5.58. The van der Waals surface area contributed by atoms with Crippen molar-refractivity contribution < 1.29 is 13.2 Å². The lowest BCUT2D eigenvalue weighted by atomic mass is 9.95. The molecule has 0 bridgehead atoms. The highest BCUT2D eigenvalue weighted by Crippen LogP contribution is 2.30. The highest BCUT2D eigenvalue weighted by molar-refractivity contribution is 7.92. The zero-order valence-electron chi connectivity index (χ0n) is 15.6. The summed E-state index contributed by atoms with van der Waals surface area (Å²) in [5.41, 5.74) is 0. The van der Waals surface area contributed by atoms with Gasteiger partial charge in [0.2, 0.25) is 5.91 Å². The van der Waals surface area contributed by atoms with Gasteiger partial charge in [0.25, 0.3) is 0 Å². The van der Waals surface area contributed by atoms with Crippen LogP contribution in [0.5, 0.6) is 0 Å². The van der Waals surface area contributed by atoms with Crippen LogP contribution in [0.1, 0.15) is 17.7 Å². The Kier molecular flexibility index (Phi) is 9.51. The van der Waals surface area contributed by atoms with Crippen molar-refractivity contribution in [2.75, 3.05) is 52.1 Å². The van der Waals surface area contributed by atoms with Gasteiger partial charge in [0.1, 0.15) is 0 Å². The molecule has 2 aliphatic rings. The van der Waals surface area contributed by atoms with E-state index in [0.717, 1.165) is 26.1 Å². The van der Waals surface area contributed by atoms with Gasteiger partial charge < -0.3 is 10.2 Å². The van der Waals surface area contributed by atoms with Gasteiger partial charge in [-0.05, 0) is 43.8 Å². The first-order chi connectivity index (χ1) is 11.9. The molecule has 1 amide bonds. The normalized spacial score (nSPS) is 20.4. The molecule has 0 aliphatic carbocycles. The van der Waals surface area contributed by atoms with E-state index in [1.54, 1.807) is 16.2 Å². The zero-order valence-corrected chi connectivity index (χ0v) is 18.8. The summed E-state index contributed by atoms with van der Waals surface area (Å²) in [6.07, 6.45) is 3.00. The van der Waals surface area contributed by atoms with E-state index in [1.165, 1.54) is 11.1 Å². The van der Waals surface area contributed by atoms with E-state index in [4.69, 9.17) is 0 Å².